The highest BCUT2D eigenvalue weighted by atomic mass is 16.2. The summed E-state index contributed by atoms with van der Waals surface area (Å²) in [4.78, 5) is 28.8. The average molecular weight is 367 g/mol. The predicted octanol–water partition coefficient (Wildman–Crippen LogP) is 2.74. The van der Waals surface area contributed by atoms with E-state index in [0.717, 1.165) is 43.6 Å². The molecule has 3 amide bonds. The van der Waals surface area contributed by atoms with Crippen molar-refractivity contribution in [3.05, 3.63) is 42.7 Å². The van der Waals surface area contributed by atoms with Crippen LogP contribution < -0.4 is 5.32 Å². The van der Waals surface area contributed by atoms with E-state index in [0.29, 0.717) is 19.6 Å². The largest absolute Gasteiger partial charge is 0.341 e. The van der Waals surface area contributed by atoms with Crippen LogP contribution in [0.1, 0.15) is 25.7 Å². The molecule has 2 aromatic rings. The maximum absolute atomic E-state index is 12.6. The smallest absolute Gasteiger partial charge is 0.321 e. The molecule has 0 bridgehead atoms. The van der Waals surface area contributed by atoms with E-state index in [9.17, 15) is 9.59 Å². The fourth-order valence-electron chi connectivity index (χ4n) is 3.58. The molecule has 1 aliphatic carbocycles. The molecule has 1 aromatic heterocycles. The van der Waals surface area contributed by atoms with Gasteiger partial charge in [0.1, 0.15) is 0 Å². The van der Waals surface area contributed by atoms with Gasteiger partial charge >= 0.3 is 6.03 Å². The molecule has 1 saturated heterocycles. The van der Waals surface area contributed by atoms with Gasteiger partial charge in [-0.1, -0.05) is 6.42 Å². The molecule has 1 saturated carbocycles. The number of rotatable bonds is 3. The van der Waals surface area contributed by atoms with Crippen molar-refractivity contribution < 1.29 is 9.59 Å². The van der Waals surface area contributed by atoms with Gasteiger partial charge in [-0.05, 0) is 49.6 Å². The zero-order chi connectivity index (χ0) is 18.6. The molecule has 7 heteroatoms. The average Bonchev–Trinajstić information content (AvgIpc) is 3.05. The third kappa shape index (κ3) is 3.97. The van der Waals surface area contributed by atoms with E-state index in [4.69, 9.17) is 0 Å². The van der Waals surface area contributed by atoms with E-state index in [2.05, 4.69) is 10.4 Å². The molecule has 0 radical (unpaired) electrons. The topological polar surface area (TPSA) is 70.5 Å². The number of nitrogens with one attached hydrogen (secondary N) is 1. The lowest BCUT2D eigenvalue weighted by Gasteiger charge is -2.31. The van der Waals surface area contributed by atoms with Gasteiger partial charge < -0.3 is 15.1 Å². The maximum Gasteiger partial charge on any atom is 0.321 e. The Morgan fingerprint density at radius 1 is 0.963 bits per heavy atom. The number of carbonyl (C=O) groups excluding carboxylic acids is 2. The standard InChI is InChI=1S/C20H25N5O2/c26-19(16-4-1-5-16)23-11-3-12-24(15-14-23)20(27)22-17-6-8-18(9-7-17)25-13-2-10-21-25/h2,6-10,13,16H,1,3-5,11-12,14-15H2,(H,22,27). The molecule has 2 aliphatic rings. The Bertz CT molecular complexity index is 783. The van der Waals surface area contributed by atoms with Crippen LogP contribution in [-0.4, -0.2) is 57.7 Å². The molecular formula is C20H25N5O2. The highest BCUT2D eigenvalue weighted by Crippen LogP contribution is 2.28. The summed E-state index contributed by atoms with van der Waals surface area (Å²) >= 11 is 0. The number of carbonyl (C=O) groups is 2. The fourth-order valence-corrected chi connectivity index (χ4v) is 3.58. The number of aromatic nitrogens is 2. The summed E-state index contributed by atoms with van der Waals surface area (Å²) in [5.41, 5.74) is 1.69. The fraction of sp³-hybridized carbons (Fsp3) is 0.450. The second-order valence-electron chi connectivity index (χ2n) is 7.22. The van der Waals surface area contributed by atoms with Crippen molar-refractivity contribution >= 4 is 17.6 Å². The molecule has 2 heterocycles. The SMILES string of the molecule is O=C(Nc1ccc(-n2cccn2)cc1)N1CCCN(C(=O)C2CCC2)CC1. The van der Waals surface area contributed by atoms with E-state index < -0.39 is 0 Å². The van der Waals surface area contributed by atoms with Crippen LogP contribution >= 0.6 is 0 Å². The van der Waals surface area contributed by atoms with Crippen LogP contribution in [-0.2, 0) is 4.79 Å². The predicted molar refractivity (Wildman–Crippen MR) is 103 cm³/mol. The number of urea groups is 1. The molecule has 1 aromatic carbocycles. The highest BCUT2D eigenvalue weighted by Gasteiger charge is 2.30. The zero-order valence-electron chi connectivity index (χ0n) is 15.4. The zero-order valence-corrected chi connectivity index (χ0v) is 15.4. The van der Waals surface area contributed by atoms with Gasteiger partial charge in [-0.2, -0.15) is 5.10 Å². The van der Waals surface area contributed by atoms with Crippen molar-refractivity contribution in [2.24, 2.45) is 5.92 Å². The molecule has 2 fully saturated rings. The molecule has 0 unspecified atom stereocenters. The van der Waals surface area contributed by atoms with E-state index >= 15 is 0 Å². The molecular weight excluding hydrogens is 342 g/mol. The first-order valence-corrected chi connectivity index (χ1v) is 9.65. The van der Waals surface area contributed by atoms with Crippen LogP contribution in [0.15, 0.2) is 42.7 Å². The molecule has 4 rings (SSSR count). The minimum atomic E-state index is -0.111. The second kappa shape index (κ2) is 7.82. The number of hydrogen-bond donors (Lipinski definition) is 1. The van der Waals surface area contributed by atoms with Crippen LogP contribution in [0.3, 0.4) is 0 Å². The second-order valence-corrected chi connectivity index (χ2v) is 7.22. The summed E-state index contributed by atoms with van der Waals surface area (Å²) in [5, 5.41) is 7.15. The lowest BCUT2D eigenvalue weighted by Crippen LogP contribution is -2.42. The van der Waals surface area contributed by atoms with Crippen LogP contribution in [0.25, 0.3) is 5.69 Å². The summed E-state index contributed by atoms with van der Waals surface area (Å²) in [5.74, 6) is 0.497. The summed E-state index contributed by atoms with van der Waals surface area (Å²) in [6, 6.07) is 9.35. The number of nitrogens with zero attached hydrogens (tertiary/aromatic N) is 4. The minimum Gasteiger partial charge on any atom is -0.341 e. The minimum absolute atomic E-state index is 0.111. The Hall–Kier alpha value is -2.83. The number of benzene rings is 1. The third-order valence-corrected chi connectivity index (χ3v) is 5.44. The maximum atomic E-state index is 12.6. The Balaban J connectivity index is 1.32. The lowest BCUT2D eigenvalue weighted by molar-refractivity contribution is -0.138. The molecule has 27 heavy (non-hydrogen) atoms. The van der Waals surface area contributed by atoms with E-state index in [1.165, 1.54) is 0 Å². The van der Waals surface area contributed by atoms with Crippen molar-refractivity contribution in [3.63, 3.8) is 0 Å². The van der Waals surface area contributed by atoms with Gasteiger partial charge in [0, 0.05) is 50.2 Å². The number of hydrogen-bond acceptors (Lipinski definition) is 3. The van der Waals surface area contributed by atoms with Gasteiger partial charge in [-0.15, -0.1) is 0 Å². The molecule has 0 atom stereocenters. The molecule has 142 valence electrons. The van der Waals surface area contributed by atoms with Gasteiger partial charge in [0.25, 0.3) is 0 Å². The summed E-state index contributed by atoms with van der Waals surface area (Å²) in [7, 11) is 0. The van der Waals surface area contributed by atoms with Crippen LogP contribution in [0.5, 0.6) is 0 Å². The normalized spacial score (nSPS) is 17.9. The number of amides is 3. The van der Waals surface area contributed by atoms with Crippen molar-refractivity contribution in [1.29, 1.82) is 0 Å². The molecule has 1 N–H and O–H groups in total. The quantitative estimate of drug-likeness (QED) is 0.907. The Morgan fingerprint density at radius 2 is 1.70 bits per heavy atom. The van der Waals surface area contributed by atoms with E-state index in [1.54, 1.807) is 15.8 Å². The first-order chi connectivity index (χ1) is 13.2. The number of anilines is 1. The Kier molecular flexibility index (Phi) is 5.09. The van der Waals surface area contributed by atoms with Gasteiger partial charge in [0.2, 0.25) is 5.91 Å². The molecule has 1 aliphatic heterocycles. The van der Waals surface area contributed by atoms with Crippen LogP contribution in [0, 0.1) is 5.92 Å². The van der Waals surface area contributed by atoms with E-state index in [-0.39, 0.29) is 17.9 Å². The van der Waals surface area contributed by atoms with Crippen molar-refractivity contribution in [2.45, 2.75) is 25.7 Å². The molecule has 7 nitrogen and oxygen atoms in total. The summed E-state index contributed by atoms with van der Waals surface area (Å²) < 4.78 is 1.77. The van der Waals surface area contributed by atoms with Gasteiger partial charge in [0.05, 0.1) is 5.69 Å². The van der Waals surface area contributed by atoms with Gasteiger partial charge in [0.15, 0.2) is 0 Å². The lowest BCUT2D eigenvalue weighted by atomic mass is 9.84. The van der Waals surface area contributed by atoms with Crippen molar-refractivity contribution in [3.8, 4) is 5.69 Å². The summed E-state index contributed by atoms with van der Waals surface area (Å²) in [6.07, 6.45) is 7.64. The van der Waals surface area contributed by atoms with Gasteiger partial charge in [-0.3, -0.25) is 4.79 Å². The first kappa shape index (κ1) is 17.6. The molecule has 0 spiro atoms. The van der Waals surface area contributed by atoms with Crippen LogP contribution in [0.4, 0.5) is 10.5 Å². The highest BCUT2D eigenvalue weighted by molar-refractivity contribution is 5.89. The Labute approximate surface area is 158 Å². The monoisotopic (exact) mass is 367 g/mol. The van der Waals surface area contributed by atoms with Crippen molar-refractivity contribution in [1.82, 2.24) is 19.6 Å². The Morgan fingerprint density at radius 3 is 2.37 bits per heavy atom. The van der Waals surface area contributed by atoms with Gasteiger partial charge in [-0.25, -0.2) is 9.48 Å². The third-order valence-electron chi connectivity index (χ3n) is 5.44. The van der Waals surface area contributed by atoms with E-state index in [1.807, 2.05) is 41.4 Å². The van der Waals surface area contributed by atoms with Crippen molar-refractivity contribution in [2.75, 3.05) is 31.5 Å². The van der Waals surface area contributed by atoms with Crippen LogP contribution in [0.2, 0.25) is 0 Å². The first-order valence-electron chi connectivity index (χ1n) is 9.65. The summed E-state index contributed by atoms with van der Waals surface area (Å²) in [6.45, 7) is 2.62.